The normalized spacial score (nSPS) is 19.0. The first kappa shape index (κ1) is 19.0. The van der Waals surface area contributed by atoms with Crippen molar-refractivity contribution in [3.05, 3.63) is 35.7 Å². The standard InChI is InChI=1S/C23H27N5O2/c1-14(29)18-9-7-16-11-17(8-10-19(16)18)26-23-27-21-20(24-13-25-21)22(28-23)30-12-15-5-3-2-4-6-15/h8,10-11,13,15,18H,2-7,9,12H2,1H3,(H2,24,25,26,27,28). The first-order valence-corrected chi connectivity index (χ1v) is 10.9. The summed E-state index contributed by atoms with van der Waals surface area (Å²) in [6, 6.07) is 6.13. The molecule has 0 amide bonds. The zero-order valence-electron chi connectivity index (χ0n) is 17.3. The predicted molar refractivity (Wildman–Crippen MR) is 115 cm³/mol. The minimum atomic E-state index is 0.0329. The first-order valence-electron chi connectivity index (χ1n) is 10.9. The number of ether oxygens (including phenoxy) is 1. The number of rotatable bonds is 6. The van der Waals surface area contributed by atoms with Gasteiger partial charge in [0.1, 0.15) is 11.3 Å². The molecule has 0 aliphatic heterocycles. The van der Waals surface area contributed by atoms with Crippen molar-refractivity contribution in [1.29, 1.82) is 0 Å². The SMILES string of the molecule is CC(=O)C1CCc2cc(Nc3nc(OCC4CCCCC4)c4[nH]cnc4n3)ccc21. The number of Topliss-reactive ketones (excluding diaryl/α,β-unsaturated/α-hetero) is 1. The number of aryl methyl sites for hydroxylation is 1. The van der Waals surface area contributed by atoms with Crippen molar-refractivity contribution in [3.63, 3.8) is 0 Å². The second-order valence-corrected chi connectivity index (χ2v) is 8.51. The van der Waals surface area contributed by atoms with Gasteiger partial charge >= 0.3 is 0 Å². The van der Waals surface area contributed by atoms with Gasteiger partial charge in [-0.15, -0.1) is 0 Å². The van der Waals surface area contributed by atoms with E-state index in [0.717, 1.165) is 29.6 Å². The van der Waals surface area contributed by atoms with Crippen molar-refractivity contribution in [2.45, 2.75) is 57.8 Å². The maximum Gasteiger partial charge on any atom is 0.245 e. The van der Waals surface area contributed by atoms with Crippen LogP contribution in [0.5, 0.6) is 5.88 Å². The fourth-order valence-corrected chi connectivity index (χ4v) is 4.76. The van der Waals surface area contributed by atoms with Gasteiger partial charge in [0.15, 0.2) is 5.65 Å². The summed E-state index contributed by atoms with van der Waals surface area (Å²) in [4.78, 5) is 28.4. The maximum absolute atomic E-state index is 11.8. The molecule has 1 unspecified atom stereocenters. The number of aromatic nitrogens is 4. The zero-order chi connectivity index (χ0) is 20.5. The third-order valence-corrected chi connectivity index (χ3v) is 6.40. The molecule has 7 heteroatoms. The lowest BCUT2D eigenvalue weighted by atomic mass is 9.90. The molecule has 2 aliphatic rings. The van der Waals surface area contributed by atoms with Crippen LogP contribution in [0.15, 0.2) is 24.5 Å². The fourth-order valence-electron chi connectivity index (χ4n) is 4.76. The molecule has 0 bridgehead atoms. The van der Waals surface area contributed by atoms with E-state index in [1.807, 2.05) is 12.1 Å². The first-order chi connectivity index (χ1) is 14.7. The number of benzene rings is 1. The van der Waals surface area contributed by atoms with Crippen LogP contribution in [0, 0.1) is 5.92 Å². The van der Waals surface area contributed by atoms with E-state index in [9.17, 15) is 4.79 Å². The number of fused-ring (bicyclic) bond motifs is 2. The Bertz CT molecular complexity index is 1070. The summed E-state index contributed by atoms with van der Waals surface area (Å²) in [5, 5.41) is 3.30. The lowest BCUT2D eigenvalue weighted by Crippen LogP contribution is -2.16. The molecule has 156 valence electrons. The molecule has 1 saturated carbocycles. The molecule has 1 fully saturated rings. The van der Waals surface area contributed by atoms with Crippen LogP contribution in [0.2, 0.25) is 0 Å². The Morgan fingerprint density at radius 1 is 1.20 bits per heavy atom. The molecule has 0 spiro atoms. The summed E-state index contributed by atoms with van der Waals surface area (Å²) < 4.78 is 6.11. The highest BCUT2D eigenvalue weighted by Gasteiger charge is 2.26. The molecule has 3 aromatic rings. The predicted octanol–water partition coefficient (Wildman–Crippen LogP) is 4.67. The van der Waals surface area contributed by atoms with Gasteiger partial charge in [-0.1, -0.05) is 25.3 Å². The minimum Gasteiger partial charge on any atom is -0.476 e. The van der Waals surface area contributed by atoms with Gasteiger partial charge in [-0.2, -0.15) is 9.97 Å². The largest absolute Gasteiger partial charge is 0.476 e. The van der Waals surface area contributed by atoms with Crippen LogP contribution in [0.1, 0.15) is 62.5 Å². The Morgan fingerprint density at radius 3 is 2.90 bits per heavy atom. The monoisotopic (exact) mass is 405 g/mol. The molecule has 2 aromatic heterocycles. The summed E-state index contributed by atoms with van der Waals surface area (Å²) in [6.07, 6.45) is 9.77. The van der Waals surface area contributed by atoms with Crippen molar-refractivity contribution in [2.24, 2.45) is 5.92 Å². The van der Waals surface area contributed by atoms with Crippen LogP contribution in [0.25, 0.3) is 11.2 Å². The Labute approximate surface area is 175 Å². The van der Waals surface area contributed by atoms with Gasteiger partial charge < -0.3 is 15.0 Å². The molecule has 2 N–H and O–H groups in total. The van der Waals surface area contributed by atoms with Crippen molar-refractivity contribution in [2.75, 3.05) is 11.9 Å². The number of carbonyl (C=O) groups excluding carboxylic acids is 1. The van der Waals surface area contributed by atoms with E-state index in [-0.39, 0.29) is 11.7 Å². The van der Waals surface area contributed by atoms with Crippen LogP contribution in [-0.2, 0) is 11.2 Å². The minimum absolute atomic E-state index is 0.0329. The Kier molecular flexibility index (Phi) is 5.11. The molecule has 2 aliphatic carbocycles. The van der Waals surface area contributed by atoms with Crippen LogP contribution in [0.4, 0.5) is 11.6 Å². The highest BCUT2D eigenvalue weighted by molar-refractivity contribution is 5.85. The molecule has 2 heterocycles. The summed E-state index contributed by atoms with van der Waals surface area (Å²) in [6.45, 7) is 2.35. The van der Waals surface area contributed by atoms with Gasteiger partial charge in [0, 0.05) is 11.6 Å². The lowest BCUT2D eigenvalue weighted by molar-refractivity contribution is -0.118. The van der Waals surface area contributed by atoms with Crippen LogP contribution in [0.3, 0.4) is 0 Å². The van der Waals surface area contributed by atoms with Gasteiger partial charge in [-0.05, 0) is 61.8 Å². The molecular formula is C23H27N5O2. The quantitative estimate of drug-likeness (QED) is 0.619. The Hall–Kier alpha value is -2.96. The maximum atomic E-state index is 11.8. The van der Waals surface area contributed by atoms with E-state index in [0.29, 0.717) is 30.0 Å². The number of nitrogens with one attached hydrogen (secondary N) is 2. The van der Waals surface area contributed by atoms with Crippen LogP contribution < -0.4 is 10.1 Å². The molecule has 1 aromatic carbocycles. The number of hydrogen-bond donors (Lipinski definition) is 2. The van der Waals surface area contributed by atoms with E-state index in [2.05, 4.69) is 31.3 Å². The lowest BCUT2D eigenvalue weighted by Gasteiger charge is -2.21. The van der Waals surface area contributed by atoms with E-state index in [1.165, 1.54) is 37.7 Å². The zero-order valence-corrected chi connectivity index (χ0v) is 17.3. The van der Waals surface area contributed by atoms with Crippen molar-refractivity contribution in [1.82, 2.24) is 19.9 Å². The van der Waals surface area contributed by atoms with Crippen LogP contribution >= 0.6 is 0 Å². The van der Waals surface area contributed by atoms with Gasteiger partial charge in [0.2, 0.25) is 11.8 Å². The highest BCUT2D eigenvalue weighted by Crippen LogP contribution is 2.36. The average molecular weight is 406 g/mol. The smallest absolute Gasteiger partial charge is 0.245 e. The summed E-state index contributed by atoms with van der Waals surface area (Å²) >= 11 is 0. The molecule has 1 atom stereocenters. The van der Waals surface area contributed by atoms with Gasteiger partial charge in [-0.3, -0.25) is 4.79 Å². The number of H-pyrrole nitrogens is 1. The van der Waals surface area contributed by atoms with E-state index in [1.54, 1.807) is 13.3 Å². The average Bonchev–Trinajstić information content (AvgIpc) is 3.39. The summed E-state index contributed by atoms with van der Waals surface area (Å²) in [5.41, 5.74) is 4.59. The number of imidazole rings is 1. The third kappa shape index (κ3) is 3.76. The molecular weight excluding hydrogens is 378 g/mol. The number of nitrogens with zero attached hydrogens (tertiary/aromatic N) is 3. The van der Waals surface area contributed by atoms with Crippen molar-refractivity contribution in [3.8, 4) is 5.88 Å². The number of ketones is 1. The van der Waals surface area contributed by atoms with Crippen LogP contribution in [-0.4, -0.2) is 32.3 Å². The second kappa shape index (κ2) is 8.05. The van der Waals surface area contributed by atoms with E-state index < -0.39 is 0 Å². The summed E-state index contributed by atoms with van der Waals surface area (Å²) in [5.74, 6) is 1.87. The Morgan fingerprint density at radius 2 is 2.07 bits per heavy atom. The third-order valence-electron chi connectivity index (χ3n) is 6.40. The Balaban J connectivity index is 1.36. The molecule has 30 heavy (non-hydrogen) atoms. The number of hydrogen-bond acceptors (Lipinski definition) is 6. The van der Waals surface area contributed by atoms with E-state index in [4.69, 9.17) is 4.74 Å². The van der Waals surface area contributed by atoms with Gasteiger partial charge in [-0.25, -0.2) is 4.98 Å². The topological polar surface area (TPSA) is 92.8 Å². The molecule has 0 saturated heterocycles. The molecule has 0 radical (unpaired) electrons. The van der Waals surface area contributed by atoms with Gasteiger partial charge in [0.05, 0.1) is 12.9 Å². The number of carbonyl (C=O) groups is 1. The summed E-state index contributed by atoms with van der Waals surface area (Å²) in [7, 11) is 0. The van der Waals surface area contributed by atoms with E-state index >= 15 is 0 Å². The molecule has 7 nitrogen and oxygen atoms in total. The fraction of sp³-hybridized carbons (Fsp3) is 0.478. The second-order valence-electron chi connectivity index (χ2n) is 8.51. The van der Waals surface area contributed by atoms with Crippen molar-refractivity contribution >= 4 is 28.6 Å². The van der Waals surface area contributed by atoms with Gasteiger partial charge in [0.25, 0.3) is 0 Å². The van der Waals surface area contributed by atoms with Crippen molar-refractivity contribution < 1.29 is 9.53 Å². The highest BCUT2D eigenvalue weighted by atomic mass is 16.5. The molecule has 5 rings (SSSR count). The number of aromatic amines is 1. The number of anilines is 2.